The van der Waals surface area contributed by atoms with E-state index >= 15 is 0 Å². The van der Waals surface area contributed by atoms with Crippen LogP contribution in [-0.4, -0.2) is 33.7 Å². The van der Waals surface area contributed by atoms with Gasteiger partial charge in [0.2, 0.25) is 0 Å². The minimum absolute atomic E-state index is 0.205. The third-order valence-corrected chi connectivity index (χ3v) is 7.38. The van der Waals surface area contributed by atoms with Crippen LogP contribution < -0.4 is 0 Å². The number of piperidine rings is 3. The van der Waals surface area contributed by atoms with E-state index in [9.17, 15) is 5.11 Å². The normalized spacial score (nSPS) is 29.6. The van der Waals surface area contributed by atoms with Gasteiger partial charge in [-0.1, -0.05) is 54.6 Å². The Balaban J connectivity index is 1.56. The summed E-state index contributed by atoms with van der Waals surface area (Å²) < 4.78 is 0.953. The van der Waals surface area contributed by atoms with E-state index in [4.69, 9.17) is 0 Å². The van der Waals surface area contributed by atoms with Crippen LogP contribution in [0.3, 0.4) is 0 Å². The number of hydrogen-bond donors (Lipinski definition) is 1. The zero-order valence-corrected chi connectivity index (χ0v) is 16.8. The summed E-state index contributed by atoms with van der Waals surface area (Å²) in [6, 6.07) is 21.2. The van der Waals surface area contributed by atoms with Crippen LogP contribution in [-0.2, 0) is 6.54 Å². The first kappa shape index (κ1) is 18.5. The molecule has 3 saturated heterocycles. The van der Waals surface area contributed by atoms with Gasteiger partial charge in [-0.05, 0) is 23.6 Å². The van der Waals surface area contributed by atoms with E-state index in [1.54, 1.807) is 0 Å². The molecule has 5 atom stereocenters. The van der Waals surface area contributed by atoms with Gasteiger partial charge in [-0.15, -0.1) is 6.58 Å². The molecule has 148 valence electrons. The first-order chi connectivity index (χ1) is 14.2. The molecule has 3 heteroatoms. The van der Waals surface area contributed by atoms with Crippen molar-refractivity contribution in [1.29, 1.82) is 0 Å². The van der Waals surface area contributed by atoms with Gasteiger partial charge in [0.25, 0.3) is 0 Å². The summed E-state index contributed by atoms with van der Waals surface area (Å²) in [7, 11) is 0. The molecule has 3 aliphatic heterocycles. The molecule has 3 nitrogen and oxygen atoms in total. The molecule has 2 bridgehead atoms. The number of quaternary nitrogens is 1. The maximum Gasteiger partial charge on any atom is 0.131 e. The summed E-state index contributed by atoms with van der Waals surface area (Å²) >= 11 is 0. The van der Waals surface area contributed by atoms with Crippen molar-refractivity contribution in [3.05, 3.63) is 90.6 Å². The van der Waals surface area contributed by atoms with Crippen molar-refractivity contribution in [2.45, 2.75) is 31.5 Å². The number of rotatable bonds is 5. The fraction of sp³-hybridized carbons (Fsp3) is 0.346. The Morgan fingerprint density at radius 2 is 1.90 bits per heavy atom. The van der Waals surface area contributed by atoms with E-state index in [2.05, 4.69) is 54.0 Å². The first-order valence-corrected chi connectivity index (χ1v) is 10.7. The quantitative estimate of drug-likeness (QED) is 0.502. The van der Waals surface area contributed by atoms with Crippen LogP contribution in [0.2, 0.25) is 0 Å². The molecule has 4 heterocycles. The molecule has 6 rings (SSSR count). The van der Waals surface area contributed by atoms with E-state index < -0.39 is 6.10 Å². The first-order valence-electron chi connectivity index (χ1n) is 10.7. The van der Waals surface area contributed by atoms with Gasteiger partial charge in [0.15, 0.2) is 0 Å². The molecular weight excluding hydrogens is 356 g/mol. The number of para-hydroxylation sites is 1. The Morgan fingerprint density at radius 3 is 2.72 bits per heavy atom. The smallest absolute Gasteiger partial charge is 0.131 e. The van der Waals surface area contributed by atoms with Gasteiger partial charge in [-0.3, -0.25) is 4.98 Å². The van der Waals surface area contributed by atoms with Gasteiger partial charge >= 0.3 is 0 Å². The van der Waals surface area contributed by atoms with Crippen LogP contribution in [0, 0.1) is 11.8 Å². The number of benzene rings is 2. The highest BCUT2D eigenvalue weighted by atomic mass is 16.3. The number of fused-ring (bicyclic) bond motifs is 4. The van der Waals surface area contributed by atoms with E-state index in [-0.39, 0.29) is 6.04 Å². The largest absolute Gasteiger partial charge is 0.382 e. The summed E-state index contributed by atoms with van der Waals surface area (Å²) in [6.07, 6.45) is 5.79. The Morgan fingerprint density at radius 1 is 1.10 bits per heavy atom. The molecule has 0 amide bonds. The number of pyridine rings is 1. The number of aliphatic hydroxyl groups is 1. The minimum atomic E-state index is -0.486. The van der Waals surface area contributed by atoms with Crippen LogP contribution in [0.1, 0.15) is 30.1 Å². The molecular formula is C26H29N2O+. The van der Waals surface area contributed by atoms with Crippen molar-refractivity contribution in [2.24, 2.45) is 11.8 Å². The van der Waals surface area contributed by atoms with Gasteiger partial charge in [-0.2, -0.15) is 0 Å². The molecule has 29 heavy (non-hydrogen) atoms. The molecule has 1 unspecified atom stereocenters. The van der Waals surface area contributed by atoms with Crippen LogP contribution in [0.5, 0.6) is 0 Å². The fourth-order valence-corrected chi connectivity index (χ4v) is 5.91. The van der Waals surface area contributed by atoms with Gasteiger partial charge < -0.3 is 9.59 Å². The second-order valence-electron chi connectivity index (χ2n) is 8.88. The maximum absolute atomic E-state index is 11.7. The predicted octanol–water partition coefficient (Wildman–Crippen LogP) is 4.88. The lowest BCUT2D eigenvalue weighted by Crippen LogP contribution is -2.67. The van der Waals surface area contributed by atoms with Crippen molar-refractivity contribution in [3.63, 3.8) is 0 Å². The molecule has 3 fully saturated rings. The Bertz CT molecular complexity index is 1010. The lowest BCUT2D eigenvalue weighted by Gasteiger charge is -2.58. The lowest BCUT2D eigenvalue weighted by atomic mass is 9.71. The fourth-order valence-electron chi connectivity index (χ4n) is 5.91. The SMILES string of the molecule is C=C[C@@H]1C[N+]2(Cc3ccccc3)CC[C@@H]1C[C@H]2[C@H](O)c1ccnc2ccccc12. The lowest BCUT2D eigenvalue weighted by molar-refractivity contribution is -0.984. The topological polar surface area (TPSA) is 33.1 Å². The summed E-state index contributed by atoms with van der Waals surface area (Å²) in [5.74, 6) is 1.18. The van der Waals surface area contributed by atoms with Crippen molar-refractivity contribution in [2.75, 3.05) is 13.1 Å². The van der Waals surface area contributed by atoms with E-state index in [0.717, 1.165) is 47.0 Å². The van der Waals surface area contributed by atoms with E-state index in [0.29, 0.717) is 11.8 Å². The highest BCUT2D eigenvalue weighted by Crippen LogP contribution is 2.47. The third kappa shape index (κ3) is 3.19. The second kappa shape index (κ2) is 7.40. The van der Waals surface area contributed by atoms with Crippen molar-refractivity contribution in [3.8, 4) is 0 Å². The van der Waals surface area contributed by atoms with Crippen molar-refractivity contribution < 1.29 is 9.59 Å². The second-order valence-corrected chi connectivity index (χ2v) is 8.88. The maximum atomic E-state index is 11.7. The monoisotopic (exact) mass is 385 g/mol. The molecule has 3 aliphatic rings. The van der Waals surface area contributed by atoms with Crippen LogP contribution >= 0.6 is 0 Å². The number of aliphatic hydroxyl groups excluding tert-OH is 1. The Kier molecular flexibility index (Phi) is 4.73. The zero-order valence-electron chi connectivity index (χ0n) is 16.8. The molecule has 0 spiro atoms. The summed E-state index contributed by atoms with van der Waals surface area (Å²) in [5, 5.41) is 12.8. The van der Waals surface area contributed by atoms with Crippen LogP contribution in [0.4, 0.5) is 0 Å². The molecule has 0 aliphatic carbocycles. The molecule has 1 N–H and O–H groups in total. The van der Waals surface area contributed by atoms with Crippen molar-refractivity contribution in [1.82, 2.24) is 4.98 Å². The highest BCUT2D eigenvalue weighted by molar-refractivity contribution is 5.82. The molecule has 0 radical (unpaired) electrons. The highest BCUT2D eigenvalue weighted by Gasteiger charge is 2.53. The summed E-state index contributed by atoms with van der Waals surface area (Å²) in [6.45, 7) is 7.32. The van der Waals surface area contributed by atoms with Crippen LogP contribution in [0.25, 0.3) is 10.9 Å². The predicted molar refractivity (Wildman–Crippen MR) is 117 cm³/mol. The summed E-state index contributed by atoms with van der Waals surface area (Å²) in [5.41, 5.74) is 3.33. The third-order valence-electron chi connectivity index (χ3n) is 7.38. The van der Waals surface area contributed by atoms with Gasteiger partial charge in [0, 0.05) is 35.9 Å². The number of hydrogen-bond acceptors (Lipinski definition) is 2. The van der Waals surface area contributed by atoms with Gasteiger partial charge in [-0.25, -0.2) is 0 Å². The molecule has 2 aromatic carbocycles. The summed E-state index contributed by atoms with van der Waals surface area (Å²) in [4.78, 5) is 4.50. The molecule has 3 aromatic rings. The van der Waals surface area contributed by atoms with Crippen molar-refractivity contribution >= 4 is 10.9 Å². The Hall–Kier alpha value is -2.49. The average Bonchev–Trinajstić information content (AvgIpc) is 2.78. The number of nitrogens with zero attached hydrogens (tertiary/aromatic N) is 2. The van der Waals surface area contributed by atoms with E-state index in [1.165, 1.54) is 12.0 Å². The molecule has 0 saturated carbocycles. The molecule has 1 aromatic heterocycles. The average molecular weight is 386 g/mol. The van der Waals surface area contributed by atoms with E-state index in [1.807, 2.05) is 30.5 Å². The zero-order chi connectivity index (χ0) is 19.8. The number of aromatic nitrogens is 1. The van der Waals surface area contributed by atoms with Crippen LogP contribution in [0.15, 0.2) is 79.5 Å². The minimum Gasteiger partial charge on any atom is -0.382 e. The van der Waals surface area contributed by atoms with Gasteiger partial charge in [0.05, 0.1) is 18.6 Å². The Labute approximate surface area is 172 Å². The van der Waals surface area contributed by atoms with Gasteiger partial charge in [0.1, 0.15) is 18.7 Å². The standard InChI is InChI=1S/C26H29N2O/c1-2-20-18-28(17-19-8-4-3-5-9-19)15-13-21(20)16-25(28)26(29)23-12-14-27-24-11-7-6-10-22(23)24/h2-12,14,20-21,25-26,29H,1,13,15-18H2/q+1/t20-,21-,25+,26-,28?/m1/s1.